The fourth-order valence-corrected chi connectivity index (χ4v) is 3.08. The van der Waals surface area contributed by atoms with Crippen LogP contribution in [-0.4, -0.2) is 40.7 Å². The van der Waals surface area contributed by atoms with Gasteiger partial charge in [-0.2, -0.15) is 0 Å². The van der Waals surface area contributed by atoms with Gasteiger partial charge in [-0.3, -0.25) is 4.79 Å². The minimum atomic E-state index is -0.871. The first-order chi connectivity index (χ1) is 11.0. The molecule has 1 fully saturated rings. The van der Waals surface area contributed by atoms with Crippen molar-refractivity contribution in [2.75, 3.05) is 18.1 Å². The molecule has 1 aliphatic rings. The maximum atomic E-state index is 11.7. The summed E-state index contributed by atoms with van der Waals surface area (Å²) >= 11 is -0.871. The van der Waals surface area contributed by atoms with Gasteiger partial charge in [0, 0.05) is 5.57 Å². The number of ether oxygens (including phenoxy) is 2. The van der Waals surface area contributed by atoms with Crippen LogP contribution in [0.3, 0.4) is 0 Å². The van der Waals surface area contributed by atoms with Crippen molar-refractivity contribution in [3.63, 3.8) is 0 Å². The lowest BCUT2D eigenvalue weighted by Gasteiger charge is -2.28. The van der Waals surface area contributed by atoms with Gasteiger partial charge in [-0.25, -0.2) is 4.79 Å². The topological polar surface area (TPSA) is 75.7 Å². The molecule has 1 saturated heterocycles. The zero-order valence-corrected chi connectivity index (χ0v) is 14.8. The van der Waals surface area contributed by atoms with Crippen LogP contribution in [0.2, 0.25) is 0 Å². The predicted molar refractivity (Wildman–Crippen MR) is 90.5 cm³/mol. The van der Waals surface area contributed by atoms with Gasteiger partial charge < -0.3 is 14.0 Å². The van der Waals surface area contributed by atoms with Crippen LogP contribution in [0.1, 0.15) is 58.3 Å². The van der Waals surface area contributed by atoms with Gasteiger partial charge in [-0.1, -0.05) is 52.0 Å². The third-order valence-corrected chi connectivity index (χ3v) is 5.16. The largest absolute Gasteiger partial charge is 0.616 e. The van der Waals surface area contributed by atoms with Crippen molar-refractivity contribution in [3.05, 3.63) is 12.2 Å². The average molecular weight is 344 g/mol. The lowest BCUT2D eigenvalue weighted by atomic mass is 10.1. The quantitative estimate of drug-likeness (QED) is 0.235. The van der Waals surface area contributed by atoms with Gasteiger partial charge in [0.15, 0.2) is 6.10 Å². The van der Waals surface area contributed by atoms with Crippen molar-refractivity contribution in [2.24, 2.45) is 0 Å². The number of carbonyl (C=O) groups is 2. The lowest BCUT2D eigenvalue weighted by Crippen LogP contribution is -2.44. The molecular formula is C17H28O5S. The molecule has 1 rings (SSSR count). The summed E-state index contributed by atoms with van der Waals surface area (Å²) in [6, 6.07) is 0. The molecule has 0 aliphatic carbocycles. The Labute approximate surface area is 142 Å². The molecule has 1 aliphatic heterocycles. The highest BCUT2D eigenvalue weighted by atomic mass is 32.2. The van der Waals surface area contributed by atoms with Gasteiger partial charge in [0.2, 0.25) is 0 Å². The standard InChI is InChI=1S/C17H28O5S/c1-3-4-5-6-7-8-9-10-21-16(18)11-14(2)17(19)22-15-12-23(20)13-15/h15H,2-13H2,1H3. The summed E-state index contributed by atoms with van der Waals surface area (Å²) in [5.74, 6) is -0.293. The Kier molecular flexibility index (Phi) is 10.0. The highest BCUT2D eigenvalue weighted by Gasteiger charge is 2.35. The molecule has 6 heteroatoms. The maximum Gasteiger partial charge on any atom is 0.334 e. The highest BCUT2D eigenvalue weighted by Crippen LogP contribution is 2.16. The number of rotatable bonds is 12. The molecule has 0 aromatic heterocycles. The molecule has 132 valence electrons. The molecule has 0 saturated carbocycles. The third-order valence-electron chi connectivity index (χ3n) is 3.67. The minimum Gasteiger partial charge on any atom is -0.616 e. The second kappa shape index (κ2) is 11.5. The Balaban J connectivity index is 2.00. The Hall–Kier alpha value is -1.01. The van der Waals surface area contributed by atoms with E-state index in [2.05, 4.69) is 13.5 Å². The van der Waals surface area contributed by atoms with Gasteiger partial charge >= 0.3 is 11.9 Å². The highest BCUT2D eigenvalue weighted by molar-refractivity contribution is 7.92. The van der Waals surface area contributed by atoms with E-state index in [0.717, 1.165) is 12.8 Å². The predicted octanol–water partition coefficient (Wildman–Crippen LogP) is 2.90. The molecule has 0 atom stereocenters. The Morgan fingerprint density at radius 1 is 1.13 bits per heavy atom. The van der Waals surface area contributed by atoms with E-state index in [9.17, 15) is 14.1 Å². The maximum absolute atomic E-state index is 11.7. The summed E-state index contributed by atoms with van der Waals surface area (Å²) in [5.41, 5.74) is 0.0900. The molecule has 0 radical (unpaired) electrons. The van der Waals surface area contributed by atoms with E-state index in [0.29, 0.717) is 18.1 Å². The van der Waals surface area contributed by atoms with Crippen LogP contribution in [0, 0.1) is 0 Å². The zero-order valence-electron chi connectivity index (χ0n) is 14.0. The molecule has 0 aromatic rings. The van der Waals surface area contributed by atoms with Crippen molar-refractivity contribution >= 4 is 23.1 Å². The normalized spacial score (nSPS) is 19.7. The van der Waals surface area contributed by atoms with Gasteiger partial charge in [-0.15, -0.1) is 0 Å². The molecule has 0 spiro atoms. The van der Waals surface area contributed by atoms with Crippen molar-refractivity contribution in [2.45, 2.75) is 64.4 Å². The minimum absolute atomic E-state index is 0.0900. The third kappa shape index (κ3) is 9.01. The van der Waals surface area contributed by atoms with Crippen molar-refractivity contribution in [3.8, 4) is 0 Å². The SMILES string of the molecule is C=C(CC(=O)OCCCCCCCCC)C(=O)OC1C[S+]([O-])C1. The first-order valence-corrected chi connectivity index (χ1v) is 9.91. The Morgan fingerprint density at radius 2 is 1.74 bits per heavy atom. The average Bonchev–Trinajstić information content (AvgIpc) is 2.48. The molecule has 0 unspecified atom stereocenters. The van der Waals surface area contributed by atoms with E-state index in [1.54, 1.807) is 0 Å². The van der Waals surface area contributed by atoms with Crippen molar-refractivity contribution < 1.29 is 23.6 Å². The van der Waals surface area contributed by atoms with Crippen LogP contribution >= 0.6 is 0 Å². The van der Waals surface area contributed by atoms with E-state index in [-0.39, 0.29) is 18.1 Å². The number of unbranched alkanes of at least 4 members (excludes halogenated alkanes) is 6. The molecule has 23 heavy (non-hydrogen) atoms. The number of hydrogen-bond acceptors (Lipinski definition) is 5. The fraction of sp³-hybridized carbons (Fsp3) is 0.765. The van der Waals surface area contributed by atoms with Crippen LogP contribution < -0.4 is 0 Å². The summed E-state index contributed by atoms with van der Waals surface area (Å²) in [7, 11) is 0. The summed E-state index contributed by atoms with van der Waals surface area (Å²) in [6.07, 6.45) is 7.64. The van der Waals surface area contributed by atoms with E-state index in [1.165, 1.54) is 32.1 Å². The molecule has 0 bridgehead atoms. The second-order valence-corrected chi connectivity index (χ2v) is 7.47. The molecule has 5 nitrogen and oxygen atoms in total. The Morgan fingerprint density at radius 3 is 2.35 bits per heavy atom. The van der Waals surface area contributed by atoms with E-state index >= 15 is 0 Å². The molecule has 0 aromatic carbocycles. The zero-order chi connectivity index (χ0) is 17.1. The van der Waals surface area contributed by atoms with Gasteiger partial charge in [-0.05, 0) is 17.6 Å². The summed E-state index contributed by atoms with van der Waals surface area (Å²) < 4.78 is 21.1. The van der Waals surface area contributed by atoms with Crippen LogP contribution in [0.15, 0.2) is 12.2 Å². The lowest BCUT2D eigenvalue weighted by molar-refractivity contribution is -0.148. The van der Waals surface area contributed by atoms with Crippen LogP contribution in [-0.2, 0) is 30.2 Å². The van der Waals surface area contributed by atoms with E-state index < -0.39 is 23.1 Å². The van der Waals surface area contributed by atoms with Crippen LogP contribution in [0.25, 0.3) is 0 Å². The smallest absolute Gasteiger partial charge is 0.334 e. The van der Waals surface area contributed by atoms with Crippen LogP contribution in [0.4, 0.5) is 0 Å². The van der Waals surface area contributed by atoms with Gasteiger partial charge in [0.1, 0.15) is 11.5 Å². The Bertz CT molecular complexity index is 390. The molecule has 1 heterocycles. The van der Waals surface area contributed by atoms with E-state index in [4.69, 9.17) is 9.47 Å². The van der Waals surface area contributed by atoms with Crippen LogP contribution in [0.5, 0.6) is 0 Å². The summed E-state index contributed by atoms with van der Waals surface area (Å²) in [6.45, 7) is 6.14. The summed E-state index contributed by atoms with van der Waals surface area (Å²) in [5, 5.41) is 0. The first-order valence-electron chi connectivity index (χ1n) is 8.42. The monoisotopic (exact) mass is 344 g/mol. The van der Waals surface area contributed by atoms with Crippen molar-refractivity contribution in [1.82, 2.24) is 0 Å². The van der Waals surface area contributed by atoms with Gasteiger partial charge in [0.25, 0.3) is 0 Å². The summed E-state index contributed by atoms with van der Waals surface area (Å²) in [4.78, 5) is 23.3. The number of esters is 2. The molecular weight excluding hydrogens is 316 g/mol. The fourth-order valence-electron chi connectivity index (χ4n) is 2.21. The first kappa shape index (κ1) is 20.0. The second-order valence-electron chi connectivity index (χ2n) is 5.92. The number of hydrogen-bond donors (Lipinski definition) is 0. The number of carbonyl (C=O) groups excluding carboxylic acids is 2. The van der Waals surface area contributed by atoms with Gasteiger partial charge in [0.05, 0.1) is 13.0 Å². The molecule has 0 amide bonds. The van der Waals surface area contributed by atoms with E-state index in [1.807, 2.05) is 0 Å². The van der Waals surface area contributed by atoms with Crippen molar-refractivity contribution in [1.29, 1.82) is 0 Å². The molecule has 0 N–H and O–H groups in total.